The molecule has 3 fully saturated rings. The van der Waals surface area contributed by atoms with E-state index in [9.17, 15) is 22.8 Å². The summed E-state index contributed by atoms with van der Waals surface area (Å²) in [7, 11) is -3.86. The van der Waals surface area contributed by atoms with Crippen LogP contribution < -0.4 is 30.3 Å². The molecule has 4 atom stereocenters. The Labute approximate surface area is 422 Å². The van der Waals surface area contributed by atoms with Crippen LogP contribution in [-0.2, 0) is 30.6 Å². The van der Waals surface area contributed by atoms with Gasteiger partial charge in [0.15, 0.2) is 21.4 Å². The normalized spacial score (nSPS) is 20.4. The van der Waals surface area contributed by atoms with Crippen LogP contribution in [0.4, 0.5) is 17.6 Å². The van der Waals surface area contributed by atoms with E-state index in [4.69, 9.17) is 19.4 Å². The van der Waals surface area contributed by atoms with Crippen LogP contribution in [-0.4, -0.2) is 110 Å². The van der Waals surface area contributed by atoms with E-state index in [0.717, 1.165) is 81.0 Å². The second kappa shape index (κ2) is 21.4. The van der Waals surface area contributed by atoms with E-state index in [1.165, 1.54) is 11.9 Å². The lowest BCUT2D eigenvalue weighted by molar-refractivity contribution is -0.143. The zero-order valence-corrected chi connectivity index (χ0v) is 43.2. The van der Waals surface area contributed by atoms with E-state index in [-0.39, 0.29) is 65.6 Å². The van der Waals surface area contributed by atoms with E-state index >= 15 is 0 Å². The maximum atomic E-state index is 14.7. The molecule has 3 aromatic heterocycles. The highest BCUT2D eigenvalue weighted by Crippen LogP contribution is 2.39. The molecule has 0 spiro atoms. The lowest BCUT2D eigenvalue weighted by Crippen LogP contribution is -2.56. The highest BCUT2D eigenvalue weighted by molar-refractivity contribution is 7.92. The summed E-state index contributed by atoms with van der Waals surface area (Å²) in [6, 6.07) is 9.85. The molecule has 5 heterocycles. The second-order valence-electron chi connectivity index (χ2n) is 21.0. The number of fused-ring (bicyclic) bond motifs is 2. The molecule has 2 aliphatic carbocycles. The van der Waals surface area contributed by atoms with Gasteiger partial charge in [-0.15, -0.1) is 0 Å². The first-order valence-electron chi connectivity index (χ1n) is 25.7. The summed E-state index contributed by atoms with van der Waals surface area (Å²) in [6.45, 7) is 12.5. The van der Waals surface area contributed by atoms with E-state index in [1.54, 1.807) is 57.1 Å². The lowest BCUT2D eigenvalue weighted by atomic mass is 9.83. The maximum Gasteiger partial charge on any atom is 0.246 e. The number of hydrogen-bond acceptors (Lipinski definition) is 14. The fraction of sp³-hybridized carbons (Fsp3) is 0.547. The smallest absolute Gasteiger partial charge is 0.246 e. The van der Waals surface area contributed by atoms with Crippen molar-refractivity contribution in [3.8, 4) is 11.5 Å². The minimum atomic E-state index is -3.86. The van der Waals surface area contributed by atoms with Gasteiger partial charge in [-0.3, -0.25) is 19.5 Å². The fourth-order valence-electron chi connectivity index (χ4n) is 10.6. The molecule has 2 aromatic carbocycles. The Morgan fingerprint density at radius 2 is 1.67 bits per heavy atom. The summed E-state index contributed by atoms with van der Waals surface area (Å²) < 4.78 is 40.0. The number of aryl methyl sites for hydroxylation is 2. The van der Waals surface area contributed by atoms with E-state index in [2.05, 4.69) is 53.1 Å². The van der Waals surface area contributed by atoms with Crippen molar-refractivity contribution in [1.82, 2.24) is 45.7 Å². The lowest BCUT2D eigenvalue weighted by Gasteiger charge is -2.35. The third-order valence-electron chi connectivity index (χ3n) is 15.1. The number of hydrogen-bond donors (Lipinski definition) is 4. The van der Waals surface area contributed by atoms with Crippen LogP contribution in [0.3, 0.4) is 0 Å². The molecule has 5 aromatic rings. The van der Waals surface area contributed by atoms with Crippen molar-refractivity contribution in [3.63, 3.8) is 0 Å². The van der Waals surface area contributed by atoms with Gasteiger partial charge in [-0.25, -0.2) is 28.4 Å². The molecule has 2 aliphatic heterocycles. The molecular weight excluding hydrogens is 935 g/mol. The molecule has 4 aliphatic rings. The number of ether oxygens (including phenoxy) is 2. The number of anilines is 3. The number of nitrogens with one attached hydrogen (secondary N) is 4. The first kappa shape index (κ1) is 50.6. The van der Waals surface area contributed by atoms with Crippen LogP contribution in [0.25, 0.3) is 10.9 Å². The van der Waals surface area contributed by atoms with Gasteiger partial charge in [0.05, 0.1) is 41.9 Å². The van der Waals surface area contributed by atoms with Crippen LogP contribution in [0.15, 0.2) is 60.0 Å². The molecule has 4 N–H and O–H groups in total. The SMILES string of the molecule is CCC(=O)N[C@H](C(=O)N1C[C@@H](Oc2cnc(N3CCC(COc4cc5ncnc(Nc6n[nH]c(C)c6C)c5cc4S(=O)(=O)C(C)(C)C)CC3)nc2)C[C@H]1C(=O)N[C@@H]1CCCc2ccccc21)C1CCCCC1. The molecule has 1 saturated carbocycles. The van der Waals surface area contributed by atoms with Gasteiger partial charge in [0, 0.05) is 48.6 Å². The Morgan fingerprint density at radius 1 is 0.917 bits per heavy atom. The summed E-state index contributed by atoms with van der Waals surface area (Å²) in [5.74, 6) is 1.76. The van der Waals surface area contributed by atoms with Crippen molar-refractivity contribution in [1.29, 1.82) is 0 Å². The Morgan fingerprint density at radius 3 is 2.38 bits per heavy atom. The largest absolute Gasteiger partial charge is 0.492 e. The number of carbonyl (C=O) groups is 3. The Kier molecular flexibility index (Phi) is 15.0. The van der Waals surface area contributed by atoms with Crippen LogP contribution in [0.5, 0.6) is 11.5 Å². The number of likely N-dealkylation sites (tertiary alicyclic amines) is 1. The van der Waals surface area contributed by atoms with Crippen molar-refractivity contribution in [2.24, 2.45) is 11.8 Å². The average molecular weight is 1000 g/mol. The van der Waals surface area contributed by atoms with Crippen molar-refractivity contribution in [2.75, 3.05) is 36.5 Å². The maximum absolute atomic E-state index is 14.7. The van der Waals surface area contributed by atoms with Gasteiger partial charge in [-0.05, 0) is 109 Å². The number of rotatable bonds is 15. The minimum Gasteiger partial charge on any atom is -0.492 e. The van der Waals surface area contributed by atoms with Gasteiger partial charge >= 0.3 is 0 Å². The van der Waals surface area contributed by atoms with Crippen molar-refractivity contribution < 1.29 is 32.3 Å². The Bertz CT molecular complexity index is 2870. The molecule has 18 nitrogen and oxygen atoms in total. The number of aromatic nitrogens is 6. The van der Waals surface area contributed by atoms with Crippen molar-refractivity contribution in [3.05, 3.63) is 77.5 Å². The Balaban J connectivity index is 0.854. The van der Waals surface area contributed by atoms with Crippen LogP contribution in [0.1, 0.15) is 127 Å². The molecule has 72 heavy (non-hydrogen) atoms. The average Bonchev–Trinajstić information content (AvgIpc) is 3.95. The van der Waals surface area contributed by atoms with Gasteiger partial charge < -0.3 is 35.2 Å². The molecule has 0 bridgehead atoms. The van der Waals surface area contributed by atoms with Gasteiger partial charge in [-0.2, -0.15) is 5.10 Å². The predicted molar refractivity (Wildman–Crippen MR) is 274 cm³/mol. The molecule has 3 amide bonds. The number of H-pyrrole nitrogens is 1. The molecule has 384 valence electrons. The molecule has 9 rings (SSSR count). The number of benzene rings is 2. The molecule has 19 heteroatoms. The van der Waals surface area contributed by atoms with E-state index in [0.29, 0.717) is 53.9 Å². The molecule has 0 unspecified atom stereocenters. The van der Waals surface area contributed by atoms with E-state index in [1.807, 2.05) is 26.0 Å². The number of amides is 3. The number of aromatic amines is 1. The quantitative estimate of drug-likeness (QED) is 0.0803. The zero-order chi connectivity index (χ0) is 50.7. The summed E-state index contributed by atoms with van der Waals surface area (Å²) in [5.41, 5.74) is 4.71. The topological polar surface area (TPSA) is 227 Å². The van der Waals surface area contributed by atoms with Crippen LogP contribution in [0.2, 0.25) is 0 Å². The third-order valence-corrected chi connectivity index (χ3v) is 17.6. The van der Waals surface area contributed by atoms with Crippen molar-refractivity contribution in [2.45, 2.75) is 152 Å². The van der Waals surface area contributed by atoms with Gasteiger partial charge in [0.1, 0.15) is 41.0 Å². The molecular formula is C53H69N11O7S. The number of nitrogens with zero attached hydrogens (tertiary/aromatic N) is 7. The fourth-order valence-corrected chi connectivity index (χ4v) is 11.9. The highest BCUT2D eigenvalue weighted by atomic mass is 32.2. The third kappa shape index (κ3) is 10.9. The van der Waals surface area contributed by atoms with Gasteiger partial charge in [-0.1, -0.05) is 50.5 Å². The standard InChI is InChI=1S/C53H69N11O7S/c1-7-46(65)59-47(36-15-9-8-10-16-36)51(67)64-29-37(24-43(64)50(66)58-41-19-13-17-35-14-11-12-18-39(35)41)71-38-27-54-52(55-28-38)63-22-20-34(21-23-63)30-70-44-26-42-40(25-45(44)72(68,69)53(4,5)6)49(57-31-56-42)60-48-32(2)33(3)61-62-48/h11-12,14,18,25-28,31,34,36-37,41,43,47H,7-10,13,15-17,19-24,29-30H2,1-6H3,(H,58,66)(H,59,65)(H2,56,57,60,61,62)/t37-,41+,43-,47-/m0/s1. The molecule has 2 saturated heterocycles. The minimum absolute atomic E-state index is 0.000697. The van der Waals surface area contributed by atoms with E-state index < -0.39 is 32.8 Å². The number of sulfone groups is 1. The molecule has 0 radical (unpaired) electrons. The monoisotopic (exact) mass is 1000 g/mol. The van der Waals surface area contributed by atoms with Crippen LogP contribution in [0, 0.1) is 25.7 Å². The van der Waals surface area contributed by atoms with Crippen molar-refractivity contribution >= 4 is 56.0 Å². The van der Waals surface area contributed by atoms with Crippen LogP contribution >= 0.6 is 0 Å². The Hall–Kier alpha value is -6.37. The first-order chi connectivity index (χ1) is 34.6. The first-order valence-corrected chi connectivity index (χ1v) is 27.2. The highest BCUT2D eigenvalue weighted by Gasteiger charge is 2.45. The predicted octanol–water partition coefficient (Wildman–Crippen LogP) is 7.39. The second-order valence-corrected chi connectivity index (χ2v) is 23.7. The van der Waals surface area contributed by atoms with Gasteiger partial charge in [0.2, 0.25) is 23.7 Å². The number of carbonyl (C=O) groups excluding carboxylic acids is 3. The zero-order valence-electron chi connectivity index (χ0n) is 42.4. The summed E-state index contributed by atoms with van der Waals surface area (Å²) in [4.78, 5) is 64.0. The summed E-state index contributed by atoms with van der Waals surface area (Å²) in [5, 5.41) is 17.4. The summed E-state index contributed by atoms with van der Waals surface area (Å²) >= 11 is 0. The van der Waals surface area contributed by atoms with Gasteiger partial charge in [0.25, 0.3) is 0 Å². The number of piperidine rings is 1. The summed E-state index contributed by atoms with van der Waals surface area (Å²) in [6.07, 6.45) is 13.8.